The molecule has 0 unspecified atom stereocenters. The first-order valence-electron chi connectivity index (χ1n) is 4.02. The number of halogens is 3. The molecule has 0 aliphatic heterocycles. The fraction of sp³-hybridized carbons (Fsp3) is 0. The largest absolute Gasteiger partial charge is 0.276 e. The van der Waals surface area contributed by atoms with E-state index in [2.05, 4.69) is 0 Å². The van der Waals surface area contributed by atoms with Crippen LogP contribution in [0.4, 0.5) is 0 Å². The van der Waals surface area contributed by atoms with Crippen LogP contribution >= 0.6 is 34.8 Å². The summed E-state index contributed by atoms with van der Waals surface area (Å²) in [5.74, 6) is 0. The maximum atomic E-state index is 10.9. The van der Waals surface area contributed by atoms with Gasteiger partial charge in [-0.15, -0.1) is 0 Å². The minimum atomic E-state index is -0.963. The van der Waals surface area contributed by atoms with Gasteiger partial charge in [-0.2, -0.15) is 0 Å². The molecular weight excluding hydrogens is 207 g/mol. The molecular formula is C7H3Cl3O. The van der Waals surface area contributed by atoms with Crippen LogP contribution in [0.1, 0.15) is 14.5 Å². The highest BCUT2D eigenvalue weighted by atomic mass is 35.5. The van der Waals surface area contributed by atoms with Crippen molar-refractivity contribution in [3.05, 3.63) is 33.7 Å². The number of hydrogen-bond acceptors (Lipinski definition) is 1. The highest BCUT2D eigenvalue weighted by molar-refractivity contribution is 6.69. The van der Waals surface area contributed by atoms with Crippen molar-refractivity contribution >= 4 is 40.0 Å². The molecule has 0 amide bonds. The molecule has 1 rings (SSSR count). The Kier molecular flexibility index (Phi) is 1.69. The van der Waals surface area contributed by atoms with Gasteiger partial charge in [-0.25, -0.2) is 0 Å². The minimum Gasteiger partial charge on any atom is -0.276 e. The second-order valence-electron chi connectivity index (χ2n) is 1.65. The van der Waals surface area contributed by atoms with Crippen molar-refractivity contribution in [2.45, 2.75) is 0 Å². The maximum absolute atomic E-state index is 10.9. The molecule has 0 aromatic heterocycles. The molecule has 4 heteroatoms. The van der Waals surface area contributed by atoms with Crippen LogP contribution in [0.2, 0.25) is 10.0 Å². The zero-order valence-corrected chi connectivity index (χ0v) is 7.31. The Hall–Kier alpha value is -0.240. The Balaban J connectivity index is 3.68. The van der Waals surface area contributed by atoms with E-state index in [4.69, 9.17) is 38.9 Å². The summed E-state index contributed by atoms with van der Waals surface area (Å²) < 4.78 is 21.9. The third-order valence-electron chi connectivity index (χ3n) is 0.968. The van der Waals surface area contributed by atoms with Gasteiger partial charge in [0.25, 0.3) is 5.24 Å². The van der Waals surface area contributed by atoms with Crippen molar-refractivity contribution in [1.29, 1.82) is 0 Å². The minimum absolute atomic E-state index is 0.239. The van der Waals surface area contributed by atoms with E-state index in [1.807, 2.05) is 0 Å². The Labute approximate surface area is 83.1 Å². The van der Waals surface area contributed by atoms with Crippen LogP contribution in [0.25, 0.3) is 0 Å². The molecule has 0 heterocycles. The lowest BCUT2D eigenvalue weighted by atomic mass is 10.3. The maximum Gasteiger partial charge on any atom is 0.253 e. The highest BCUT2D eigenvalue weighted by Crippen LogP contribution is 2.26. The Morgan fingerprint density at radius 3 is 2.64 bits per heavy atom. The van der Waals surface area contributed by atoms with E-state index in [0.717, 1.165) is 0 Å². The molecule has 0 aliphatic carbocycles. The van der Waals surface area contributed by atoms with Crippen molar-refractivity contribution in [3.8, 4) is 0 Å². The van der Waals surface area contributed by atoms with Crippen molar-refractivity contribution in [2.75, 3.05) is 0 Å². The Morgan fingerprint density at radius 2 is 2.09 bits per heavy atom. The standard InChI is InChI=1S/C7H3Cl3O/c8-5-3-1-2-4(6(5)9)7(10)11/h1-3H/i1D,2D,3D,7+1. The van der Waals surface area contributed by atoms with Crippen LogP contribution in [0, 0.1) is 0 Å². The fourth-order valence-corrected chi connectivity index (χ4v) is 1.02. The second-order valence-corrected chi connectivity index (χ2v) is 2.75. The molecule has 58 valence electrons. The molecule has 0 spiro atoms. The molecule has 0 radical (unpaired) electrons. The van der Waals surface area contributed by atoms with E-state index in [1.165, 1.54) is 0 Å². The van der Waals surface area contributed by atoms with Gasteiger partial charge in [0.2, 0.25) is 0 Å². The quantitative estimate of drug-likeness (QED) is 0.516. The summed E-state index contributed by atoms with van der Waals surface area (Å²) in [6, 6.07) is -1.34. The molecule has 1 aromatic carbocycles. The van der Waals surface area contributed by atoms with Gasteiger partial charge in [-0.3, -0.25) is 4.79 Å². The van der Waals surface area contributed by atoms with E-state index in [-0.39, 0.29) is 21.7 Å². The zero-order chi connectivity index (χ0) is 11.0. The average molecular weight is 213 g/mol. The van der Waals surface area contributed by atoms with Crippen LogP contribution in [-0.4, -0.2) is 5.24 Å². The van der Waals surface area contributed by atoms with E-state index in [1.54, 1.807) is 0 Å². The number of hydrogen-bond donors (Lipinski definition) is 0. The Bertz CT molecular complexity index is 390. The van der Waals surface area contributed by atoms with Gasteiger partial charge in [0.05, 0.1) is 19.7 Å². The van der Waals surface area contributed by atoms with Gasteiger partial charge in [-0.1, -0.05) is 29.2 Å². The van der Waals surface area contributed by atoms with E-state index < -0.39 is 17.3 Å². The Morgan fingerprint density at radius 1 is 1.45 bits per heavy atom. The van der Waals surface area contributed by atoms with Gasteiger partial charge >= 0.3 is 0 Å². The number of benzene rings is 1. The van der Waals surface area contributed by atoms with E-state index in [9.17, 15) is 4.79 Å². The fourth-order valence-electron chi connectivity index (χ4n) is 0.504. The molecule has 11 heavy (non-hydrogen) atoms. The lowest BCUT2D eigenvalue weighted by molar-refractivity contribution is 0.108. The van der Waals surface area contributed by atoms with Gasteiger partial charge in [0.1, 0.15) is 0 Å². The molecule has 0 N–H and O–H groups in total. The van der Waals surface area contributed by atoms with Crippen molar-refractivity contribution in [2.24, 2.45) is 0 Å². The highest BCUT2D eigenvalue weighted by Gasteiger charge is 2.08. The van der Waals surface area contributed by atoms with Gasteiger partial charge in [0.15, 0.2) is 0 Å². The van der Waals surface area contributed by atoms with Crippen LogP contribution in [0.5, 0.6) is 0 Å². The SMILES string of the molecule is [2H]c1c([2H])c(Cl)c(Cl)c([13C](=O)Cl)c1[2H]. The summed E-state index contributed by atoms with van der Waals surface area (Å²) in [5.41, 5.74) is -0.334. The molecule has 0 aliphatic rings. The molecule has 0 bridgehead atoms. The van der Waals surface area contributed by atoms with Gasteiger partial charge < -0.3 is 0 Å². The van der Waals surface area contributed by atoms with Crippen molar-refractivity contribution in [3.63, 3.8) is 0 Å². The topological polar surface area (TPSA) is 17.1 Å². The van der Waals surface area contributed by atoms with Crippen LogP contribution in [-0.2, 0) is 0 Å². The summed E-state index contributed by atoms with van der Waals surface area (Å²) >= 11 is 16.3. The number of carbonyl (C=O) groups is 1. The van der Waals surface area contributed by atoms with E-state index in [0.29, 0.717) is 0 Å². The molecule has 0 atom stereocenters. The molecule has 1 nitrogen and oxygen atoms in total. The lowest BCUT2D eigenvalue weighted by Crippen LogP contribution is -1.89. The van der Waals surface area contributed by atoms with Crippen LogP contribution in [0.15, 0.2) is 18.1 Å². The van der Waals surface area contributed by atoms with Crippen molar-refractivity contribution < 1.29 is 8.91 Å². The first-order chi connectivity index (χ1) is 6.37. The van der Waals surface area contributed by atoms with Gasteiger partial charge in [0, 0.05) is 0 Å². The normalized spacial score (nSPS) is 13.5. The smallest absolute Gasteiger partial charge is 0.253 e. The zero-order valence-electron chi connectivity index (χ0n) is 8.04. The predicted octanol–water partition coefficient (Wildman–Crippen LogP) is 3.37. The summed E-state index contributed by atoms with van der Waals surface area (Å²) in [6.45, 7) is 0. The summed E-state index contributed by atoms with van der Waals surface area (Å²) in [6.07, 6.45) is 0. The van der Waals surface area contributed by atoms with Crippen LogP contribution < -0.4 is 0 Å². The molecule has 0 fully saturated rings. The summed E-state index contributed by atoms with van der Waals surface area (Å²) in [4.78, 5) is 10.9. The third-order valence-corrected chi connectivity index (χ3v) is 1.92. The number of carbonyl (C=O) groups excluding carboxylic acids is 1. The molecule has 0 saturated heterocycles. The van der Waals surface area contributed by atoms with Crippen molar-refractivity contribution in [1.82, 2.24) is 0 Å². The monoisotopic (exact) mass is 212 g/mol. The van der Waals surface area contributed by atoms with Crippen LogP contribution in [0.3, 0.4) is 0 Å². The molecule has 0 saturated carbocycles. The average Bonchev–Trinajstić information content (AvgIpc) is 2.11. The van der Waals surface area contributed by atoms with E-state index >= 15 is 0 Å². The molecule has 1 aromatic rings. The first-order valence-corrected chi connectivity index (χ1v) is 3.65. The summed E-state index contributed by atoms with van der Waals surface area (Å²) in [5, 5.41) is -1.45. The predicted molar refractivity (Wildman–Crippen MR) is 46.6 cm³/mol. The lowest BCUT2D eigenvalue weighted by Gasteiger charge is -1.98. The summed E-state index contributed by atoms with van der Waals surface area (Å²) in [7, 11) is 0. The van der Waals surface area contributed by atoms with Gasteiger partial charge in [-0.05, 0) is 23.7 Å². The second kappa shape index (κ2) is 3.44. The number of rotatable bonds is 1. The first kappa shape index (κ1) is 5.41. The third kappa shape index (κ3) is 1.86.